The van der Waals surface area contributed by atoms with Gasteiger partial charge in [-0.1, -0.05) is 30.9 Å². The van der Waals surface area contributed by atoms with Gasteiger partial charge in [0, 0.05) is 5.56 Å². The van der Waals surface area contributed by atoms with E-state index in [9.17, 15) is 10.1 Å². The van der Waals surface area contributed by atoms with Gasteiger partial charge in [-0.3, -0.25) is 0 Å². The van der Waals surface area contributed by atoms with Crippen LogP contribution >= 0.6 is 0 Å². The van der Waals surface area contributed by atoms with Gasteiger partial charge < -0.3 is 19.9 Å². The summed E-state index contributed by atoms with van der Waals surface area (Å²) in [6.07, 6.45) is 1.61. The first-order valence-electron chi connectivity index (χ1n) is 7.83. The minimum atomic E-state index is -0.723. The summed E-state index contributed by atoms with van der Waals surface area (Å²) in [5.74, 6) is -0.470. The van der Waals surface area contributed by atoms with E-state index in [0.29, 0.717) is 23.7 Å². The average Bonchev–Trinajstić information content (AvgIpc) is 2.59. The molecule has 1 aliphatic rings. The Morgan fingerprint density at radius 1 is 1.48 bits per heavy atom. The van der Waals surface area contributed by atoms with Gasteiger partial charge in [0.2, 0.25) is 5.88 Å². The summed E-state index contributed by atoms with van der Waals surface area (Å²) in [7, 11) is 0. The standard InChI is InChI=1S/C19H20N2O4/c1-4-10-24-15-9-7-6-8-13(15)17-14(11-20)18(21)25-12(3)16(17)19(22)23-5-2/h4,6-9,17H,1,5,10,21H2,2-3H3/t17-/m0/s1. The Balaban J connectivity index is 2.63. The molecule has 0 radical (unpaired) electrons. The average molecular weight is 340 g/mol. The minimum absolute atomic E-state index is 0.0310. The molecule has 1 heterocycles. The van der Waals surface area contributed by atoms with Crippen molar-refractivity contribution in [2.75, 3.05) is 13.2 Å². The van der Waals surface area contributed by atoms with Crippen molar-refractivity contribution < 1.29 is 19.0 Å². The van der Waals surface area contributed by atoms with E-state index in [1.165, 1.54) is 0 Å². The molecule has 0 spiro atoms. The van der Waals surface area contributed by atoms with E-state index in [1.807, 2.05) is 6.07 Å². The molecule has 0 saturated carbocycles. The van der Waals surface area contributed by atoms with E-state index < -0.39 is 11.9 Å². The molecule has 1 aliphatic heterocycles. The van der Waals surface area contributed by atoms with Crippen LogP contribution < -0.4 is 10.5 Å². The molecule has 0 saturated heterocycles. The van der Waals surface area contributed by atoms with Crippen LogP contribution in [0.2, 0.25) is 0 Å². The first-order valence-corrected chi connectivity index (χ1v) is 7.83. The summed E-state index contributed by atoms with van der Waals surface area (Å²) < 4.78 is 16.2. The predicted molar refractivity (Wildman–Crippen MR) is 92.1 cm³/mol. The number of allylic oxidation sites excluding steroid dienone is 2. The number of hydrogen-bond acceptors (Lipinski definition) is 6. The third kappa shape index (κ3) is 3.66. The van der Waals surface area contributed by atoms with Gasteiger partial charge in [0.25, 0.3) is 0 Å². The molecule has 0 aliphatic carbocycles. The molecule has 2 N–H and O–H groups in total. The van der Waals surface area contributed by atoms with Crippen molar-refractivity contribution in [1.82, 2.24) is 0 Å². The Hall–Kier alpha value is -3.20. The second-order valence-corrected chi connectivity index (χ2v) is 5.25. The molecular formula is C19H20N2O4. The summed E-state index contributed by atoms with van der Waals surface area (Å²) in [6.45, 7) is 7.46. The van der Waals surface area contributed by atoms with Gasteiger partial charge in [0.05, 0.1) is 18.1 Å². The van der Waals surface area contributed by atoms with Crippen LogP contribution in [0.3, 0.4) is 0 Å². The summed E-state index contributed by atoms with van der Waals surface area (Å²) in [5, 5.41) is 9.58. The van der Waals surface area contributed by atoms with E-state index in [4.69, 9.17) is 19.9 Å². The number of rotatable bonds is 6. The Morgan fingerprint density at radius 3 is 2.84 bits per heavy atom. The van der Waals surface area contributed by atoms with Gasteiger partial charge in [-0.05, 0) is 19.9 Å². The van der Waals surface area contributed by atoms with Crippen molar-refractivity contribution >= 4 is 5.97 Å². The molecule has 2 rings (SSSR count). The zero-order valence-electron chi connectivity index (χ0n) is 14.2. The predicted octanol–water partition coefficient (Wildman–Crippen LogP) is 2.90. The first-order chi connectivity index (χ1) is 12.0. The molecule has 0 fully saturated rings. The van der Waals surface area contributed by atoms with Crippen molar-refractivity contribution in [1.29, 1.82) is 5.26 Å². The summed E-state index contributed by atoms with van der Waals surface area (Å²) in [6, 6.07) is 9.20. The Morgan fingerprint density at radius 2 is 2.20 bits per heavy atom. The fourth-order valence-corrected chi connectivity index (χ4v) is 2.66. The van der Waals surface area contributed by atoms with Crippen molar-refractivity contribution in [2.24, 2.45) is 5.73 Å². The van der Waals surface area contributed by atoms with Crippen molar-refractivity contribution in [3.63, 3.8) is 0 Å². The van der Waals surface area contributed by atoms with Crippen LogP contribution in [0.1, 0.15) is 25.3 Å². The Labute approximate surface area is 146 Å². The normalized spacial score (nSPS) is 16.8. The topological polar surface area (TPSA) is 94.6 Å². The van der Waals surface area contributed by atoms with Crippen LogP contribution in [0, 0.1) is 11.3 Å². The highest BCUT2D eigenvalue weighted by atomic mass is 16.5. The molecule has 0 aromatic heterocycles. The van der Waals surface area contributed by atoms with E-state index in [0.717, 1.165) is 0 Å². The molecule has 130 valence electrons. The van der Waals surface area contributed by atoms with Crippen molar-refractivity contribution in [3.8, 4) is 11.8 Å². The molecule has 0 bridgehead atoms. The van der Waals surface area contributed by atoms with Gasteiger partial charge in [-0.25, -0.2) is 4.79 Å². The largest absolute Gasteiger partial charge is 0.489 e. The third-order valence-electron chi connectivity index (χ3n) is 3.69. The fourth-order valence-electron chi connectivity index (χ4n) is 2.66. The molecule has 1 atom stereocenters. The molecular weight excluding hydrogens is 320 g/mol. The molecule has 0 amide bonds. The summed E-state index contributed by atoms with van der Waals surface area (Å²) in [5.41, 5.74) is 6.90. The molecule has 25 heavy (non-hydrogen) atoms. The molecule has 1 aromatic rings. The maximum atomic E-state index is 12.5. The lowest BCUT2D eigenvalue weighted by atomic mass is 9.82. The number of nitrogens with two attached hydrogens (primary N) is 1. The highest BCUT2D eigenvalue weighted by molar-refractivity contribution is 5.92. The lowest BCUT2D eigenvalue weighted by Gasteiger charge is -2.27. The van der Waals surface area contributed by atoms with Gasteiger partial charge in [0.1, 0.15) is 29.8 Å². The Bertz CT molecular complexity index is 787. The van der Waals surface area contributed by atoms with Crippen molar-refractivity contribution in [2.45, 2.75) is 19.8 Å². The van der Waals surface area contributed by atoms with Crippen LogP contribution in [-0.2, 0) is 14.3 Å². The second kappa shape index (κ2) is 8.06. The number of carbonyl (C=O) groups excluding carboxylic acids is 1. The molecule has 6 heteroatoms. The Kier molecular flexibility index (Phi) is 5.85. The maximum absolute atomic E-state index is 12.5. The van der Waals surface area contributed by atoms with Crippen LogP contribution in [0.4, 0.5) is 0 Å². The molecule has 6 nitrogen and oxygen atoms in total. The van der Waals surface area contributed by atoms with Crippen LogP contribution in [0.15, 0.2) is 59.7 Å². The third-order valence-corrected chi connectivity index (χ3v) is 3.69. The highest BCUT2D eigenvalue weighted by Crippen LogP contribution is 2.42. The zero-order valence-corrected chi connectivity index (χ0v) is 14.2. The molecule has 0 unspecified atom stereocenters. The summed E-state index contributed by atoms with van der Waals surface area (Å²) in [4.78, 5) is 12.5. The number of hydrogen-bond donors (Lipinski definition) is 1. The van der Waals surface area contributed by atoms with Gasteiger partial charge in [-0.2, -0.15) is 5.26 Å². The maximum Gasteiger partial charge on any atom is 0.338 e. The number of nitriles is 1. The number of esters is 1. The summed E-state index contributed by atoms with van der Waals surface area (Å²) >= 11 is 0. The lowest BCUT2D eigenvalue weighted by Crippen LogP contribution is -2.26. The van der Waals surface area contributed by atoms with E-state index in [-0.39, 0.29) is 23.6 Å². The van der Waals surface area contributed by atoms with Crippen LogP contribution in [0.25, 0.3) is 0 Å². The number of carbonyl (C=O) groups is 1. The fraction of sp³-hybridized carbons (Fsp3) is 0.263. The number of nitrogens with zero attached hydrogens (tertiary/aromatic N) is 1. The smallest absolute Gasteiger partial charge is 0.338 e. The number of ether oxygens (including phenoxy) is 3. The second-order valence-electron chi connectivity index (χ2n) is 5.25. The van der Waals surface area contributed by atoms with Crippen LogP contribution in [0.5, 0.6) is 5.75 Å². The quantitative estimate of drug-likeness (QED) is 0.632. The van der Waals surface area contributed by atoms with E-state index in [1.54, 1.807) is 44.2 Å². The van der Waals surface area contributed by atoms with Gasteiger partial charge in [-0.15, -0.1) is 0 Å². The lowest BCUT2D eigenvalue weighted by molar-refractivity contribution is -0.139. The van der Waals surface area contributed by atoms with Crippen molar-refractivity contribution in [3.05, 3.63) is 65.3 Å². The van der Waals surface area contributed by atoms with E-state index in [2.05, 4.69) is 6.58 Å². The SMILES string of the molecule is C=CCOc1ccccc1[C@H]1C(C#N)=C(N)OC(C)=C1C(=O)OCC. The zero-order chi connectivity index (χ0) is 18.4. The van der Waals surface area contributed by atoms with Gasteiger partial charge >= 0.3 is 5.97 Å². The monoisotopic (exact) mass is 340 g/mol. The molecule has 1 aromatic carbocycles. The van der Waals surface area contributed by atoms with Gasteiger partial charge in [0.15, 0.2) is 0 Å². The number of benzene rings is 1. The first kappa shape index (κ1) is 18.1. The van der Waals surface area contributed by atoms with E-state index >= 15 is 0 Å². The highest BCUT2D eigenvalue weighted by Gasteiger charge is 2.37. The minimum Gasteiger partial charge on any atom is -0.489 e. The van der Waals surface area contributed by atoms with Crippen LogP contribution in [-0.4, -0.2) is 19.2 Å². The number of para-hydroxylation sites is 1.